The summed E-state index contributed by atoms with van der Waals surface area (Å²) in [5.74, 6) is -0.178. The lowest BCUT2D eigenvalue weighted by Crippen LogP contribution is -2.35. The molecule has 0 bridgehead atoms. The summed E-state index contributed by atoms with van der Waals surface area (Å²) < 4.78 is 5.15. The van der Waals surface area contributed by atoms with Crippen molar-refractivity contribution in [2.24, 2.45) is 0 Å². The molecule has 1 heterocycles. The molecule has 1 rings (SSSR count). The monoisotopic (exact) mass is 269 g/mol. The van der Waals surface area contributed by atoms with Crippen LogP contribution in [0.2, 0.25) is 0 Å². The van der Waals surface area contributed by atoms with E-state index in [-0.39, 0.29) is 12.0 Å². The van der Waals surface area contributed by atoms with E-state index in [0.29, 0.717) is 12.6 Å². The Morgan fingerprint density at radius 3 is 2.61 bits per heavy atom. The summed E-state index contributed by atoms with van der Waals surface area (Å²) in [5, 5.41) is 3.34. The normalized spacial score (nSPS) is 14.2. The predicted molar refractivity (Wildman–Crippen MR) is 76.0 cm³/mol. The highest BCUT2D eigenvalue weighted by Gasteiger charge is 2.24. The number of carbonyl (C=O) groups is 1. The van der Waals surface area contributed by atoms with Gasteiger partial charge in [0.15, 0.2) is 0 Å². The first-order valence-electron chi connectivity index (χ1n) is 6.63. The summed E-state index contributed by atoms with van der Waals surface area (Å²) in [5.41, 5.74) is 0. The van der Waals surface area contributed by atoms with E-state index in [2.05, 4.69) is 32.2 Å². The van der Waals surface area contributed by atoms with Crippen LogP contribution in [0, 0.1) is 0 Å². The van der Waals surface area contributed by atoms with Crippen LogP contribution < -0.4 is 5.32 Å². The second kappa shape index (κ2) is 7.54. The van der Waals surface area contributed by atoms with Crippen molar-refractivity contribution in [3.63, 3.8) is 0 Å². The van der Waals surface area contributed by atoms with Gasteiger partial charge < -0.3 is 4.74 Å². The molecule has 18 heavy (non-hydrogen) atoms. The zero-order valence-corrected chi connectivity index (χ0v) is 12.5. The highest BCUT2D eigenvalue weighted by molar-refractivity contribution is 7.12. The molecule has 0 aromatic carbocycles. The van der Waals surface area contributed by atoms with E-state index in [1.165, 1.54) is 4.88 Å². The summed E-state index contributed by atoms with van der Waals surface area (Å²) in [6.07, 6.45) is 1.99. The van der Waals surface area contributed by atoms with E-state index >= 15 is 0 Å². The first kappa shape index (κ1) is 15.2. The topological polar surface area (TPSA) is 38.3 Å². The number of hydrogen-bond donors (Lipinski definition) is 1. The van der Waals surface area contributed by atoms with Gasteiger partial charge in [-0.1, -0.05) is 13.8 Å². The van der Waals surface area contributed by atoms with E-state index in [1.54, 1.807) is 11.3 Å². The fraction of sp³-hybridized carbons (Fsp3) is 0.643. The number of carbonyl (C=O) groups excluding carboxylic acids is 1. The molecule has 2 unspecified atom stereocenters. The molecule has 0 aliphatic heterocycles. The second-order valence-corrected chi connectivity index (χ2v) is 5.52. The van der Waals surface area contributed by atoms with Crippen LogP contribution in [0.3, 0.4) is 0 Å². The quantitative estimate of drug-likeness (QED) is 0.772. The van der Waals surface area contributed by atoms with Crippen LogP contribution in [0.1, 0.15) is 49.9 Å². The molecule has 1 aromatic rings. The molecule has 1 aromatic heterocycles. The van der Waals surface area contributed by atoms with Gasteiger partial charge in [0.1, 0.15) is 6.04 Å². The van der Waals surface area contributed by atoms with Crippen LogP contribution in [0.4, 0.5) is 0 Å². The summed E-state index contributed by atoms with van der Waals surface area (Å²) in [6, 6.07) is 4.09. The first-order chi connectivity index (χ1) is 8.62. The molecule has 4 heteroatoms. The summed E-state index contributed by atoms with van der Waals surface area (Å²) in [6.45, 7) is 8.57. The molecule has 0 saturated carbocycles. The fourth-order valence-electron chi connectivity index (χ4n) is 1.63. The third-order valence-electron chi connectivity index (χ3n) is 2.90. The van der Waals surface area contributed by atoms with Crippen molar-refractivity contribution in [3.8, 4) is 0 Å². The van der Waals surface area contributed by atoms with E-state index < -0.39 is 0 Å². The third-order valence-corrected chi connectivity index (χ3v) is 4.20. The molecule has 102 valence electrons. The van der Waals surface area contributed by atoms with Crippen molar-refractivity contribution >= 4 is 17.3 Å². The lowest BCUT2D eigenvalue weighted by atomic mass is 10.2. The molecule has 0 aliphatic rings. The zero-order valence-electron chi connectivity index (χ0n) is 11.7. The van der Waals surface area contributed by atoms with Crippen molar-refractivity contribution in [2.75, 3.05) is 6.61 Å². The van der Waals surface area contributed by atoms with E-state index in [1.807, 2.05) is 13.0 Å². The fourth-order valence-corrected chi connectivity index (χ4v) is 2.64. The van der Waals surface area contributed by atoms with Crippen molar-refractivity contribution in [1.82, 2.24) is 5.32 Å². The van der Waals surface area contributed by atoms with Gasteiger partial charge in [0, 0.05) is 15.8 Å². The van der Waals surface area contributed by atoms with Crippen molar-refractivity contribution < 1.29 is 9.53 Å². The summed E-state index contributed by atoms with van der Waals surface area (Å²) >= 11 is 1.68. The Morgan fingerprint density at radius 2 is 2.11 bits per heavy atom. The zero-order chi connectivity index (χ0) is 13.5. The Kier molecular flexibility index (Phi) is 6.36. The van der Waals surface area contributed by atoms with Gasteiger partial charge in [-0.15, -0.1) is 11.3 Å². The van der Waals surface area contributed by atoms with E-state index in [0.717, 1.165) is 17.7 Å². The maximum Gasteiger partial charge on any atom is 0.328 e. The molecule has 0 saturated heterocycles. The SMILES string of the molecule is CCOC(=O)C(NC(C)CC)c1ccc(CC)s1. The molecule has 3 nitrogen and oxygen atoms in total. The molecule has 0 aliphatic carbocycles. The highest BCUT2D eigenvalue weighted by atomic mass is 32.1. The molecule has 2 atom stereocenters. The van der Waals surface area contributed by atoms with E-state index in [9.17, 15) is 4.79 Å². The Hall–Kier alpha value is -0.870. The minimum atomic E-state index is -0.329. The maximum absolute atomic E-state index is 12.0. The number of rotatable bonds is 7. The van der Waals surface area contributed by atoms with Gasteiger partial charge in [0.05, 0.1) is 6.61 Å². The Balaban J connectivity index is 2.85. The maximum atomic E-state index is 12.0. The molecule has 0 radical (unpaired) electrons. The molecule has 1 N–H and O–H groups in total. The van der Waals surface area contributed by atoms with Crippen molar-refractivity contribution in [1.29, 1.82) is 0 Å². The number of esters is 1. The minimum Gasteiger partial charge on any atom is -0.465 e. The van der Waals surface area contributed by atoms with E-state index in [4.69, 9.17) is 4.74 Å². The standard InChI is InChI=1S/C14H23NO2S/c1-5-10(4)15-13(14(16)17-7-3)12-9-8-11(6-2)18-12/h8-10,13,15H,5-7H2,1-4H3. The summed E-state index contributed by atoms with van der Waals surface area (Å²) in [4.78, 5) is 14.4. The third kappa shape index (κ3) is 4.10. The van der Waals surface area contributed by atoms with Gasteiger partial charge in [-0.3, -0.25) is 5.32 Å². The number of nitrogens with one attached hydrogen (secondary N) is 1. The molecule has 0 fully saturated rings. The number of aryl methyl sites for hydroxylation is 1. The van der Waals surface area contributed by atoms with Gasteiger partial charge in [0.25, 0.3) is 0 Å². The number of ether oxygens (including phenoxy) is 1. The predicted octanol–water partition coefficient (Wildman–Crippen LogP) is 3.30. The van der Waals surface area contributed by atoms with Crippen LogP contribution in [-0.4, -0.2) is 18.6 Å². The highest BCUT2D eigenvalue weighted by Crippen LogP contribution is 2.25. The molecule has 0 amide bonds. The molecular formula is C14H23NO2S. The van der Waals surface area contributed by atoms with Gasteiger partial charge in [-0.25, -0.2) is 4.79 Å². The average Bonchev–Trinajstić information content (AvgIpc) is 2.84. The Bertz CT molecular complexity index is 376. The van der Waals surface area contributed by atoms with Crippen molar-refractivity contribution in [3.05, 3.63) is 21.9 Å². The minimum absolute atomic E-state index is 0.178. The van der Waals surface area contributed by atoms with Crippen LogP contribution in [-0.2, 0) is 16.0 Å². The second-order valence-electron chi connectivity index (χ2n) is 4.32. The largest absolute Gasteiger partial charge is 0.465 e. The molecule has 0 spiro atoms. The first-order valence-corrected chi connectivity index (χ1v) is 7.45. The number of thiophene rings is 1. The van der Waals surface area contributed by atoms with Gasteiger partial charge >= 0.3 is 5.97 Å². The van der Waals surface area contributed by atoms with Gasteiger partial charge in [0.2, 0.25) is 0 Å². The lowest BCUT2D eigenvalue weighted by Gasteiger charge is -2.20. The molecular weight excluding hydrogens is 246 g/mol. The van der Waals surface area contributed by atoms with Crippen LogP contribution >= 0.6 is 11.3 Å². The van der Waals surface area contributed by atoms with Crippen LogP contribution in [0.25, 0.3) is 0 Å². The van der Waals surface area contributed by atoms with Gasteiger partial charge in [-0.05, 0) is 38.8 Å². The summed E-state index contributed by atoms with van der Waals surface area (Å²) in [7, 11) is 0. The Labute approximate surface area is 114 Å². The van der Waals surface area contributed by atoms with Crippen LogP contribution in [0.15, 0.2) is 12.1 Å². The van der Waals surface area contributed by atoms with Gasteiger partial charge in [-0.2, -0.15) is 0 Å². The van der Waals surface area contributed by atoms with Crippen LogP contribution in [0.5, 0.6) is 0 Å². The number of hydrogen-bond acceptors (Lipinski definition) is 4. The smallest absolute Gasteiger partial charge is 0.328 e. The average molecular weight is 269 g/mol. The van der Waals surface area contributed by atoms with Crippen molar-refractivity contribution in [2.45, 2.75) is 52.6 Å². The Morgan fingerprint density at radius 1 is 1.39 bits per heavy atom. The lowest BCUT2D eigenvalue weighted by molar-refractivity contribution is -0.146.